The number of carbonyl (C=O) groups excluding carboxylic acids is 1. The largest absolute Gasteiger partial charge is 0.508 e. The molecule has 2 rings (SSSR count). The predicted molar refractivity (Wildman–Crippen MR) is 88.9 cm³/mol. The summed E-state index contributed by atoms with van der Waals surface area (Å²) in [7, 11) is 3.03. The fourth-order valence-electron chi connectivity index (χ4n) is 1.85. The first kappa shape index (κ1) is 17.1. The first-order chi connectivity index (χ1) is 11.6. The zero-order valence-electron chi connectivity index (χ0n) is 13.4. The normalized spacial score (nSPS) is 10.4. The Bertz CT molecular complexity index is 731. The summed E-state index contributed by atoms with van der Waals surface area (Å²) in [6.45, 7) is -0.183. The molecule has 0 aliphatic carbocycles. The second-order valence-electron chi connectivity index (χ2n) is 4.69. The van der Waals surface area contributed by atoms with Crippen molar-refractivity contribution in [1.82, 2.24) is 5.43 Å². The summed E-state index contributed by atoms with van der Waals surface area (Å²) in [6, 6.07) is 11.5. The number of nitrogens with zero attached hydrogens (tertiary/aromatic N) is 1. The Morgan fingerprint density at radius 3 is 2.71 bits per heavy atom. The molecule has 1 amide bonds. The molecule has 0 aliphatic rings. The molecule has 0 saturated carbocycles. The van der Waals surface area contributed by atoms with Crippen molar-refractivity contribution in [2.75, 3.05) is 20.8 Å². The summed E-state index contributed by atoms with van der Waals surface area (Å²) in [5, 5.41) is 13.2. The van der Waals surface area contributed by atoms with Crippen LogP contribution in [0.3, 0.4) is 0 Å². The molecule has 2 aromatic carbocycles. The third-order valence-electron chi connectivity index (χ3n) is 3.02. The molecule has 126 valence electrons. The summed E-state index contributed by atoms with van der Waals surface area (Å²) < 4.78 is 15.5. The topological polar surface area (TPSA) is 89.4 Å². The highest BCUT2D eigenvalue weighted by molar-refractivity contribution is 5.85. The Morgan fingerprint density at radius 1 is 1.17 bits per heavy atom. The zero-order chi connectivity index (χ0) is 17.4. The van der Waals surface area contributed by atoms with Gasteiger partial charge in [-0.1, -0.05) is 6.07 Å². The van der Waals surface area contributed by atoms with E-state index in [9.17, 15) is 9.90 Å². The SMILES string of the molecule is COc1cccc(OCC(=O)N/N=C/c2ccc(O)cc2OC)c1. The van der Waals surface area contributed by atoms with Gasteiger partial charge in [-0.3, -0.25) is 4.79 Å². The summed E-state index contributed by atoms with van der Waals surface area (Å²) in [6.07, 6.45) is 1.42. The molecule has 0 bridgehead atoms. The Balaban J connectivity index is 1.86. The van der Waals surface area contributed by atoms with Crippen molar-refractivity contribution in [3.8, 4) is 23.0 Å². The van der Waals surface area contributed by atoms with Crippen LogP contribution in [0.1, 0.15) is 5.56 Å². The number of aromatic hydroxyl groups is 1. The van der Waals surface area contributed by atoms with E-state index in [4.69, 9.17) is 14.2 Å². The lowest BCUT2D eigenvalue weighted by molar-refractivity contribution is -0.123. The van der Waals surface area contributed by atoms with Gasteiger partial charge >= 0.3 is 0 Å². The second-order valence-corrected chi connectivity index (χ2v) is 4.69. The first-order valence-corrected chi connectivity index (χ1v) is 7.08. The van der Waals surface area contributed by atoms with Gasteiger partial charge in [-0.15, -0.1) is 0 Å². The summed E-state index contributed by atoms with van der Waals surface area (Å²) in [4.78, 5) is 11.7. The number of carbonyl (C=O) groups is 1. The second kappa shape index (κ2) is 8.42. The van der Waals surface area contributed by atoms with Crippen LogP contribution in [0.25, 0.3) is 0 Å². The van der Waals surface area contributed by atoms with E-state index in [0.29, 0.717) is 22.8 Å². The Hall–Kier alpha value is -3.22. The number of nitrogens with one attached hydrogen (secondary N) is 1. The van der Waals surface area contributed by atoms with Gasteiger partial charge in [-0.2, -0.15) is 5.10 Å². The van der Waals surface area contributed by atoms with Gasteiger partial charge in [0.1, 0.15) is 23.0 Å². The average molecular weight is 330 g/mol. The number of rotatable bonds is 7. The maximum absolute atomic E-state index is 11.7. The van der Waals surface area contributed by atoms with Crippen LogP contribution in [-0.2, 0) is 4.79 Å². The first-order valence-electron chi connectivity index (χ1n) is 7.08. The minimum absolute atomic E-state index is 0.0831. The van der Waals surface area contributed by atoms with Gasteiger partial charge in [0.2, 0.25) is 0 Å². The molecule has 2 N–H and O–H groups in total. The van der Waals surface area contributed by atoms with E-state index in [1.54, 1.807) is 37.4 Å². The van der Waals surface area contributed by atoms with E-state index in [2.05, 4.69) is 10.5 Å². The molecule has 0 fully saturated rings. The molecule has 0 unspecified atom stereocenters. The van der Waals surface area contributed by atoms with E-state index < -0.39 is 5.91 Å². The van der Waals surface area contributed by atoms with Gasteiger partial charge in [0.25, 0.3) is 5.91 Å². The maximum Gasteiger partial charge on any atom is 0.277 e. The molecule has 7 heteroatoms. The number of phenols is 1. The monoisotopic (exact) mass is 330 g/mol. The number of methoxy groups -OCH3 is 2. The van der Waals surface area contributed by atoms with Crippen LogP contribution in [0.2, 0.25) is 0 Å². The molecule has 0 spiro atoms. The molecule has 2 aromatic rings. The van der Waals surface area contributed by atoms with Crippen molar-refractivity contribution in [3.63, 3.8) is 0 Å². The van der Waals surface area contributed by atoms with Crippen molar-refractivity contribution in [1.29, 1.82) is 0 Å². The van der Waals surface area contributed by atoms with Crippen LogP contribution in [-0.4, -0.2) is 38.1 Å². The van der Waals surface area contributed by atoms with E-state index in [0.717, 1.165) is 0 Å². The fraction of sp³-hybridized carbons (Fsp3) is 0.176. The molecule has 0 aliphatic heterocycles. The lowest BCUT2D eigenvalue weighted by atomic mass is 10.2. The van der Waals surface area contributed by atoms with Crippen LogP contribution in [0, 0.1) is 0 Å². The fourth-order valence-corrected chi connectivity index (χ4v) is 1.85. The van der Waals surface area contributed by atoms with E-state index in [1.807, 2.05) is 0 Å². The summed E-state index contributed by atoms with van der Waals surface area (Å²) >= 11 is 0. The highest BCUT2D eigenvalue weighted by Crippen LogP contribution is 2.22. The van der Waals surface area contributed by atoms with E-state index in [1.165, 1.54) is 25.5 Å². The number of amides is 1. The van der Waals surface area contributed by atoms with Crippen LogP contribution in [0.5, 0.6) is 23.0 Å². The van der Waals surface area contributed by atoms with Gasteiger partial charge in [0, 0.05) is 17.7 Å². The molecule has 24 heavy (non-hydrogen) atoms. The van der Waals surface area contributed by atoms with Crippen molar-refractivity contribution in [3.05, 3.63) is 48.0 Å². The standard InChI is InChI=1S/C17H18N2O5/c1-22-14-4-3-5-15(9-14)24-11-17(21)19-18-10-12-6-7-13(20)8-16(12)23-2/h3-10,20H,11H2,1-2H3,(H,19,21)/b18-10+. The summed E-state index contributed by atoms with van der Waals surface area (Å²) in [5.41, 5.74) is 2.97. The van der Waals surface area contributed by atoms with Gasteiger partial charge in [0.05, 0.1) is 20.4 Å². The maximum atomic E-state index is 11.7. The van der Waals surface area contributed by atoms with Crippen molar-refractivity contribution in [2.45, 2.75) is 0 Å². The van der Waals surface area contributed by atoms with Crippen molar-refractivity contribution < 1.29 is 24.1 Å². The number of ether oxygens (including phenoxy) is 3. The van der Waals surface area contributed by atoms with Crippen molar-refractivity contribution in [2.24, 2.45) is 5.10 Å². The molecule has 0 aromatic heterocycles. The molecular weight excluding hydrogens is 312 g/mol. The Morgan fingerprint density at radius 2 is 1.96 bits per heavy atom. The van der Waals surface area contributed by atoms with Crippen molar-refractivity contribution >= 4 is 12.1 Å². The summed E-state index contributed by atoms with van der Waals surface area (Å²) in [5.74, 6) is 1.28. The van der Waals surface area contributed by atoms with E-state index in [-0.39, 0.29) is 12.4 Å². The third kappa shape index (κ3) is 4.91. The molecule has 0 heterocycles. The molecular formula is C17H18N2O5. The van der Waals surface area contributed by atoms with Crippen LogP contribution in [0.4, 0.5) is 0 Å². The van der Waals surface area contributed by atoms with Gasteiger partial charge in [-0.05, 0) is 24.3 Å². The Labute approximate surface area is 139 Å². The van der Waals surface area contributed by atoms with Crippen LogP contribution >= 0.6 is 0 Å². The van der Waals surface area contributed by atoms with Crippen LogP contribution < -0.4 is 19.6 Å². The van der Waals surface area contributed by atoms with Gasteiger partial charge in [0.15, 0.2) is 6.61 Å². The Kier molecular flexibility index (Phi) is 6.01. The number of benzene rings is 2. The zero-order valence-corrected chi connectivity index (χ0v) is 13.4. The minimum Gasteiger partial charge on any atom is -0.508 e. The quantitative estimate of drug-likeness (QED) is 0.598. The molecule has 0 radical (unpaired) electrons. The number of phenolic OH excluding ortho intramolecular Hbond substituents is 1. The highest BCUT2D eigenvalue weighted by Gasteiger charge is 2.04. The lowest BCUT2D eigenvalue weighted by Crippen LogP contribution is -2.24. The van der Waals surface area contributed by atoms with Crippen LogP contribution in [0.15, 0.2) is 47.6 Å². The average Bonchev–Trinajstić information content (AvgIpc) is 2.61. The molecule has 7 nitrogen and oxygen atoms in total. The van der Waals surface area contributed by atoms with Gasteiger partial charge in [-0.25, -0.2) is 5.43 Å². The van der Waals surface area contributed by atoms with Gasteiger partial charge < -0.3 is 19.3 Å². The number of hydrogen-bond donors (Lipinski definition) is 2. The lowest BCUT2D eigenvalue weighted by Gasteiger charge is -2.07. The minimum atomic E-state index is -0.410. The predicted octanol–water partition coefficient (Wildman–Crippen LogP) is 1.94. The molecule has 0 saturated heterocycles. The third-order valence-corrected chi connectivity index (χ3v) is 3.02. The number of hydrogen-bond acceptors (Lipinski definition) is 6. The number of hydrazone groups is 1. The smallest absolute Gasteiger partial charge is 0.277 e. The van der Waals surface area contributed by atoms with E-state index >= 15 is 0 Å². The highest BCUT2D eigenvalue weighted by atomic mass is 16.5. The molecule has 0 atom stereocenters.